The average molecular weight is 155 g/mol. The van der Waals surface area contributed by atoms with Crippen molar-refractivity contribution >= 4 is 0 Å². The van der Waals surface area contributed by atoms with Gasteiger partial charge in [0, 0.05) is 12.1 Å². The summed E-state index contributed by atoms with van der Waals surface area (Å²) in [6.45, 7) is 6.95. The topological polar surface area (TPSA) is 12.0 Å². The van der Waals surface area contributed by atoms with E-state index in [1.807, 2.05) is 0 Å². The van der Waals surface area contributed by atoms with Crippen LogP contribution in [-0.2, 0) is 0 Å². The zero-order valence-corrected chi connectivity index (χ0v) is 8.06. The van der Waals surface area contributed by atoms with Gasteiger partial charge in [-0.25, -0.2) is 0 Å². The molecule has 0 aromatic heterocycles. The molecule has 0 aliphatic carbocycles. The van der Waals surface area contributed by atoms with Crippen molar-refractivity contribution in [3.05, 3.63) is 0 Å². The monoisotopic (exact) mass is 155 g/mol. The molecule has 1 rings (SSSR count). The number of hydrogen-bond acceptors (Lipinski definition) is 1. The molecule has 66 valence electrons. The number of rotatable bonds is 2. The Labute approximate surface area is 70.6 Å². The van der Waals surface area contributed by atoms with Crippen LogP contribution in [0.25, 0.3) is 0 Å². The van der Waals surface area contributed by atoms with E-state index in [0.717, 1.165) is 18.0 Å². The van der Waals surface area contributed by atoms with Crippen LogP contribution in [0.3, 0.4) is 0 Å². The average Bonchev–Trinajstić information content (AvgIpc) is 1.85. The normalized spacial score (nSPS) is 39.0. The largest absolute Gasteiger partial charge is 0.311 e. The molecule has 1 heteroatoms. The molecule has 1 saturated heterocycles. The van der Waals surface area contributed by atoms with Crippen molar-refractivity contribution in [3.8, 4) is 0 Å². The molecular formula is C10H21N. The van der Waals surface area contributed by atoms with Crippen LogP contribution in [0.15, 0.2) is 0 Å². The zero-order valence-electron chi connectivity index (χ0n) is 8.06. The molecule has 1 aliphatic heterocycles. The molecule has 1 aliphatic rings. The van der Waals surface area contributed by atoms with E-state index in [9.17, 15) is 0 Å². The fourth-order valence-electron chi connectivity index (χ4n) is 2.27. The standard InChI is InChI=1S/C10H21N/c1-4-5-10-7-8(2)6-9(3)11-10/h8-11H,4-7H2,1-3H3. The first-order chi connectivity index (χ1) is 5.22. The fraction of sp³-hybridized carbons (Fsp3) is 1.00. The van der Waals surface area contributed by atoms with E-state index in [2.05, 4.69) is 26.1 Å². The Morgan fingerprint density at radius 3 is 2.55 bits per heavy atom. The van der Waals surface area contributed by atoms with Crippen molar-refractivity contribution in [2.75, 3.05) is 0 Å². The van der Waals surface area contributed by atoms with Gasteiger partial charge in [-0.1, -0.05) is 20.3 Å². The van der Waals surface area contributed by atoms with Crippen LogP contribution in [-0.4, -0.2) is 12.1 Å². The Bertz CT molecular complexity index is 101. The third-order valence-corrected chi connectivity index (χ3v) is 2.60. The first-order valence-electron chi connectivity index (χ1n) is 4.98. The van der Waals surface area contributed by atoms with Gasteiger partial charge < -0.3 is 5.32 Å². The molecule has 0 amide bonds. The number of hydrogen-bond donors (Lipinski definition) is 1. The number of piperidine rings is 1. The minimum Gasteiger partial charge on any atom is -0.311 e. The Morgan fingerprint density at radius 1 is 1.27 bits per heavy atom. The van der Waals surface area contributed by atoms with Gasteiger partial charge in [-0.05, 0) is 32.1 Å². The Morgan fingerprint density at radius 2 is 2.00 bits per heavy atom. The Kier molecular flexibility index (Phi) is 3.38. The highest BCUT2D eigenvalue weighted by Gasteiger charge is 2.21. The van der Waals surface area contributed by atoms with Crippen LogP contribution in [0, 0.1) is 5.92 Å². The summed E-state index contributed by atoms with van der Waals surface area (Å²) in [7, 11) is 0. The highest BCUT2D eigenvalue weighted by atomic mass is 15.0. The van der Waals surface area contributed by atoms with Gasteiger partial charge in [-0.15, -0.1) is 0 Å². The predicted octanol–water partition coefficient (Wildman–Crippen LogP) is 2.56. The van der Waals surface area contributed by atoms with E-state index in [4.69, 9.17) is 0 Å². The van der Waals surface area contributed by atoms with Gasteiger partial charge in [0.05, 0.1) is 0 Å². The molecule has 3 unspecified atom stereocenters. The third-order valence-electron chi connectivity index (χ3n) is 2.60. The van der Waals surface area contributed by atoms with Crippen molar-refractivity contribution in [1.29, 1.82) is 0 Å². The maximum atomic E-state index is 3.65. The molecule has 11 heavy (non-hydrogen) atoms. The maximum Gasteiger partial charge on any atom is 0.00719 e. The molecule has 1 fully saturated rings. The number of nitrogens with one attached hydrogen (secondary N) is 1. The molecule has 0 saturated carbocycles. The minimum absolute atomic E-state index is 0.746. The highest BCUT2D eigenvalue weighted by molar-refractivity contribution is 4.80. The summed E-state index contributed by atoms with van der Waals surface area (Å²) in [4.78, 5) is 0. The van der Waals surface area contributed by atoms with Gasteiger partial charge in [0.1, 0.15) is 0 Å². The maximum absolute atomic E-state index is 3.65. The Balaban J connectivity index is 2.30. The van der Waals surface area contributed by atoms with Crippen molar-refractivity contribution in [2.24, 2.45) is 5.92 Å². The molecule has 0 aromatic carbocycles. The van der Waals surface area contributed by atoms with Gasteiger partial charge in [-0.2, -0.15) is 0 Å². The smallest absolute Gasteiger partial charge is 0.00719 e. The molecule has 1 N–H and O–H groups in total. The Hall–Kier alpha value is -0.0400. The van der Waals surface area contributed by atoms with Gasteiger partial charge in [0.15, 0.2) is 0 Å². The van der Waals surface area contributed by atoms with Crippen LogP contribution >= 0.6 is 0 Å². The third kappa shape index (κ3) is 2.82. The minimum atomic E-state index is 0.746. The lowest BCUT2D eigenvalue weighted by molar-refractivity contribution is 0.256. The lowest BCUT2D eigenvalue weighted by atomic mass is 9.88. The summed E-state index contributed by atoms with van der Waals surface area (Å²) in [5.41, 5.74) is 0. The predicted molar refractivity (Wildman–Crippen MR) is 49.7 cm³/mol. The first-order valence-corrected chi connectivity index (χ1v) is 4.98. The summed E-state index contributed by atoms with van der Waals surface area (Å²) < 4.78 is 0. The quantitative estimate of drug-likeness (QED) is 0.646. The second-order valence-electron chi connectivity index (χ2n) is 4.13. The van der Waals surface area contributed by atoms with Gasteiger partial charge in [0.25, 0.3) is 0 Å². The van der Waals surface area contributed by atoms with Crippen molar-refractivity contribution < 1.29 is 0 Å². The SMILES string of the molecule is CCCC1CC(C)CC(C)N1. The van der Waals surface area contributed by atoms with Crippen molar-refractivity contribution in [2.45, 2.75) is 58.5 Å². The van der Waals surface area contributed by atoms with Crippen LogP contribution in [0.5, 0.6) is 0 Å². The van der Waals surface area contributed by atoms with E-state index in [1.165, 1.54) is 25.7 Å². The second-order valence-corrected chi connectivity index (χ2v) is 4.13. The van der Waals surface area contributed by atoms with E-state index in [0.29, 0.717) is 0 Å². The van der Waals surface area contributed by atoms with Crippen molar-refractivity contribution in [1.82, 2.24) is 5.32 Å². The second kappa shape index (κ2) is 4.10. The lowest BCUT2D eigenvalue weighted by Gasteiger charge is -2.32. The molecule has 1 heterocycles. The van der Waals surface area contributed by atoms with E-state index in [1.54, 1.807) is 0 Å². The van der Waals surface area contributed by atoms with Crippen LogP contribution in [0.2, 0.25) is 0 Å². The molecule has 0 aromatic rings. The fourth-order valence-corrected chi connectivity index (χ4v) is 2.27. The summed E-state index contributed by atoms with van der Waals surface area (Å²) in [5, 5.41) is 3.65. The van der Waals surface area contributed by atoms with Gasteiger partial charge >= 0.3 is 0 Å². The molecule has 3 atom stereocenters. The van der Waals surface area contributed by atoms with Gasteiger partial charge in [0.2, 0.25) is 0 Å². The lowest BCUT2D eigenvalue weighted by Crippen LogP contribution is -2.43. The summed E-state index contributed by atoms with van der Waals surface area (Å²) in [6, 6.07) is 1.55. The van der Waals surface area contributed by atoms with E-state index < -0.39 is 0 Å². The summed E-state index contributed by atoms with van der Waals surface area (Å²) in [5.74, 6) is 0.933. The molecule has 0 spiro atoms. The van der Waals surface area contributed by atoms with Crippen LogP contribution in [0.4, 0.5) is 0 Å². The highest BCUT2D eigenvalue weighted by Crippen LogP contribution is 2.21. The molecule has 0 bridgehead atoms. The first kappa shape index (κ1) is 9.05. The molecule has 1 nitrogen and oxygen atoms in total. The van der Waals surface area contributed by atoms with E-state index >= 15 is 0 Å². The zero-order chi connectivity index (χ0) is 8.27. The van der Waals surface area contributed by atoms with Gasteiger partial charge in [-0.3, -0.25) is 0 Å². The van der Waals surface area contributed by atoms with E-state index in [-0.39, 0.29) is 0 Å². The summed E-state index contributed by atoms with van der Waals surface area (Å²) in [6.07, 6.45) is 5.42. The van der Waals surface area contributed by atoms with Crippen molar-refractivity contribution in [3.63, 3.8) is 0 Å². The summed E-state index contributed by atoms with van der Waals surface area (Å²) >= 11 is 0. The van der Waals surface area contributed by atoms with Crippen LogP contribution in [0.1, 0.15) is 46.5 Å². The van der Waals surface area contributed by atoms with Crippen LogP contribution < -0.4 is 5.32 Å². The molecular weight excluding hydrogens is 134 g/mol. The molecule has 0 radical (unpaired) electrons.